The van der Waals surface area contributed by atoms with Gasteiger partial charge in [0.05, 0.1) is 0 Å². The van der Waals surface area contributed by atoms with Crippen LogP contribution in [0.2, 0.25) is 0 Å². The van der Waals surface area contributed by atoms with Crippen LogP contribution in [0.15, 0.2) is 0 Å². The molecule has 0 spiro atoms. The molecule has 416 valence electrons. The van der Waals surface area contributed by atoms with Crippen molar-refractivity contribution in [3.63, 3.8) is 0 Å². The third-order valence-electron chi connectivity index (χ3n) is 15.2. The van der Waals surface area contributed by atoms with Crippen LogP contribution in [0, 0.1) is 5.92 Å². The van der Waals surface area contributed by atoms with E-state index in [0.717, 1.165) is 63.7 Å². The van der Waals surface area contributed by atoms with Crippen LogP contribution in [-0.2, 0) is 28.6 Å². The lowest BCUT2D eigenvalue weighted by Gasteiger charge is -2.18. The van der Waals surface area contributed by atoms with E-state index in [2.05, 4.69) is 27.7 Å². The van der Waals surface area contributed by atoms with Crippen molar-refractivity contribution in [2.24, 2.45) is 5.92 Å². The molecule has 0 saturated heterocycles. The molecule has 0 aliphatic carbocycles. The molecule has 0 aliphatic heterocycles. The molecule has 70 heavy (non-hydrogen) atoms. The van der Waals surface area contributed by atoms with E-state index in [4.69, 9.17) is 14.2 Å². The summed E-state index contributed by atoms with van der Waals surface area (Å²) in [5.74, 6) is 0.0824. The molecule has 0 aromatic heterocycles. The zero-order chi connectivity index (χ0) is 50.9. The second kappa shape index (κ2) is 58.3. The van der Waals surface area contributed by atoms with E-state index in [1.807, 2.05) is 0 Å². The predicted molar refractivity (Wildman–Crippen MR) is 303 cm³/mol. The summed E-state index contributed by atoms with van der Waals surface area (Å²) < 4.78 is 16.9. The van der Waals surface area contributed by atoms with Crippen LogP contribution in [0.3, 0.4) is 0 Å². The average Bonchev–Trinajstić information content (AvgIpc) is 3.36. The van der Waals surface area contributed by atoms with E-state index in [1.165, 1.54) is 263 Å². The van der Waals surface area contributed by atoms with Gasteiger partial charge < -0.3 is 14.2 Å². The summed E-state index contributed by atoms with van der Waals surface area (Å²) in [6.45, 7) is 9.13. The molecule has 0 aromatic carbocycles. The van der Waals surface area contributed by atoms with E-state index in [-0.39, 0.29) is 31.1 Å². The highest BCUT2D eigenvalue weighted by atomic mass is 16.6. The molecular formula is C64H124O6. The highest BCUT2D eigenvalue weighted by Gasteiger charge is 2.19. The lowest BCUT2D eigenvalue weighted by atomic mass is 9.99. The Morgan fingerprint density at radius 2 is 0.500 bits per heavy atom. The van der Waals surface area contributed by atoms with Gasteiger partial charge in [-0.3, -0.25) is 14.4 Å². The van der Waals surface area contributed by atoms with Crippen molar-refractivity contribution in [3.05, 3.63) is 0 Å². The molecule has 0 fully saturated rings. The topological polar surface area (TPSA) is 78.9 Å². The normalized spacial score (nSPS) is 12.3. The van der Waals surface area contributed by atoms with Gasteiger partial charge in [0.2, 0.25) is 0 Å². The highest BCUT2D eigenvalue weighted by Crippen LogP contribution is 2.19. The maximum absolute atomic E-state index is 12.9. The SMILES string of the molecule is CCCCCCCCCCCCCCCCCCC(=O)O[C@@H](COC(=O)CCCCCCCCCCCCCCCC)COC(=O)CCCCCCCCCCCCCCCCCCCCC(C)CC. The Labute approximate surface area is 438 Å². The molecular weight excluding hydrogens is 865 g/mol. The molecule has 0 amide bonds. The van der Waals surface area contributed by atoms with Gasteiger partial charge in [0.15, 0.2) is 6.10 Å². The molecule has 0 aliphatic rings. The van der Waals surface area contributed by atoms with E-state index in [1.54, 1.807) is 0 Å². The summed E-state index contributed by atoms with van der Waals surface area (Å²) in [5.41, 5.74) is 0. The number of unbranched alkanes of at least 4 members (excludes halogenated alkanes) is 45. The first-order chi connectivity index (χ1) is 34.4. The molecule has 0 radical (unpaired) electrons. The standard InChI is InChI=1S/C64H124O6/c1-5-8-10-12-14-16-18-20-22-28-33-37-41-45-49-53-57-64(67)70-61(58-68-62(65)55-51-47-43-39-35-31-21-19-17-15-13-11-9-6-2)59-69-63(66)56-52-48-44-40-36-32-29-26-24-23-25-27-30-34-38-42-46-50-54-60(4)7-3/h60-61H,5-59H2,1-4H3/t60?,61-/m0/s1. The van der Waals surface area contributed by atoms with Crippen molar-refractivity contribution in [3.8, 4) is 0 Å². The van der Waals surface area contributed by atoms with Gasteiger partial charge in [-0.25, -0.2) is 0 Å². The van der Waals surface area contributed by atoms with Crippen molar-refractivity contribution in [2.75, 3.05) is 13.2 Å². The molecule has 0 heterocycles. The molecule has 2 atom stereocenters. The molecule has 6 nitrogen and oxygen atoms in total. The number of hydrogen-bond donors (Lipinski definition) is 0. The van der Waals surface area contributed by atoms with Gasteiger partial charge in [0, 0.05) is 19.3 Å². The first kappa shape index (κ1) is 68.4. The zero-order valence-electron chi connectivity index (χ0n) is 48.0. The minimum Gasteiger partial charge on any atom is -0.462 e. The molecule has 0 bridgehead atoms. The molecule has 0 rings (SSSR count). The summed E-state index contributed by atoms with van der Waals surface area (Å²) >= 11 is 0. The Balaban J connectivity index is 4.24. The fraction of sp³-hybridized carbons (Fsp3) is 0.953. The summed E-state index contributed by atoms with van der Waals surface area (Å²) in [6.07, 6.45) is 65.2. The maximum atomic E-state index is 12.9. The van der Waals surface area contributed by atoms with Crippen LogP contribution in [-0.4, -0.2) is 37.2 Å². The molecule has 0 saturated carbocycles. The Hall–Kier alpha value is -1.59. The zero-order valence-corrected chi connectivity index (χ0v) is 48.0. The van der Waals surface area contributed by atoms with Gasteiger partial charge >= 0.3 is 17.9 Å². The van der Waals surface area contributed by atoms with Gasteiger partial charge in [0.1, 0.15) is 13.2 Å². The monoisotopic (exact) mass is 989 g/mol. The van der Waals surface area contributed by atoms with Gasteiger partial charge in [-0.1, -0.05) is 329 Å². The Kier molecular flexibility index (Phi) is 57.0. The average molecular weight is 990 g/mol. The number of rotatable bonds is 59. The second-order valence-electron chi connectivity index (χ2n) is 22.3. The Morgan fingerprint density at radius 1 is 0.286 bits per heavy atom. The molecule has 0 N–H and O–H groups in total. The lowest BCUT2D eigenvalue weighted by molar-refractivity contribution is -0.167. The number of carbonyl (C=O) groups is 3. The second-order valence-corrected chi connectivity index (χ2v) is 22.3. The fourth-order valence-corrected chi connectivity index (χ4v) is 9.95. The van der Waals surface area contributed by atoms with Crippen molar-refractivity contribution in [1.82, 2.24) is 0 Å². The highest BCUT2D eigenvalue weighted by molar-refractivity contribution is 5.71. The first-order valence-corrected chi connectivity index (χ1v) is 31.9. The van der Waals surface area contributed by atoms with Gasteiger partial charge in [-0.05, 0) is 25.2 Å². The number of hydrogen-bond acceptors (Lipinski definition) is 6. The van der Waals surface area contributed by atoms with Crippen LogP contribution in [0.25, 0.3) is 0 Å². The number of esters is 3. The number of ether oxygens (including phenoxy) is 3. The van der Waals surface area contributed by atoms with E-state index in [9.17, 15) is 14.4 Å². The van der Waals surface area contributed by atoms with Crippen molar-refractivity contribution < 1.29 is 28.6 Å². The van der Waals surface area contributed by atoms with Crippen molar-refractivity contribution in [1.29, 1.82) is 0 Å². The largest absolute Gasteiger partial charge is 0.462 e. The van der Waals surface area contributed by atoms with Crippen LogP contribution >= 0.6 is 0 Å². The van der Waals surface area contributed by atoms with Crippen molar-refractivity contribution in [2.45, 2.75) is 374 Å². The molecule has 6 heteroatoms. The lowest BCUT2D eigenvalue weighted by Crippen LogP contribution is -2.30. The fourth-order valence-electron chi connectivity index (χ4n) is 9.95. The molecule has 0 aromatic rings. The third kappa shape index (κ3) is 55.7. The third-order valence-corrected chi connectivity index (χ3v) is 15.2. The van der Waals surface area contributed by atoms with Crippen LogP contribution in [0.4, 0.5) is 0 Å². The van der Waals surface area contributed by atoms with Crippen LogP contribution in [0.1, 0.15) is 368 Å². The van der Waals surface area contributed by atoms with E-state index < -0.39 is 6.10 Å². The summed E-state index contributed by atoms with van der Waals surface area (Å²) in [6, 6.07) is 0. The maximum Gasteiger partial charge on any atom is 0.306 e. The number of carbonyl (C=O) groups excluding carboxylic acids is 3. The summed E-state index contributed by atoms with van der Waals surface area (Å²) in [4.78, 5) is 38.3. The first-order valence-electron chi connectivity index (χ1n) is 31.9. The Morgan fingerprint density at radius 3 is 0.743 bits per heavy atom. The summed E-state index contributed by atoms with van der Waals surface area (Å²) in [5, 5.41) is 0. The van der Waals surface area contributed by atoms with Gasteiger partial charge in [-0.2, -0.15) is 0 Å². The Bertz CT molecular complexity index is 1060. The van der Waals surface area contributed by atoms with E-state index in [0.29, 0.717) is 19.3 Å². The van der Waals surface area contributed by atoms with Gasteiger partial charge in [0.25, 0.3) is 0 Å². The van der Waals surface area contributed by atoms with Crippen LogP contribution in [0.5, 0.6) is 0 Å². The van der Waals surface area contributed by atoms with Crippen molar-refractivity contribution >= 4 is 17.9 Å². The van der Waals surface area contributed by atoms with Gasteiger partial charge in [-0.15, -0.1) is 0 Å². The van der Waals surface area contributed by atoms with Crippen LogP contribution < -0.4 is 0 Å². The molecule has 1 unspecified atom stereocenters. The minimum atomic E-state index is -0.762. The quantitative estimate of drug-likeness (QED) is 0.0343. The minimum absolute atomic E-state index is 0.0611. The predicted octanol–water partition coefficient (Wildman–Crippen LogP) is 21.4. The summed E-state index contributed by atoms with van der Waals surface area (Å²) in [7, 11) is 0. The smallest absolute Gasteiger partial charge is 0.306 e. The van der Waals surface area contributed by atoms with E-state index >= 15 is 0 Å².